The van der Waals surface area contributed by atoms with E-state index < -0.39 is 0 Å². The Morgan fingerprint density at radius 2 is 2.00 bits per heavy atom. The van der Waals surface area contributed by atoms with Crippen molar-refractivity contribution < 1.29 is 0 Å². The summed E-state index contributed by atoms with van der Waals surface area (Å²) < 4.78 is 0.467. The molecular weight excluding hydrogens is 204 g/mol. The summed E-state index contributed by atoms with van der Waals surface area (Å²) >= 11 is 2.04. The molecule has 1 aliphatic heterocycles. The Bertz CT molecular complexity index is 234. The van der Waals surface area contributed by atoms with Crippen LogP contribution >= 0.6 is 11.8 Å². The molecule has 15 heavy (non-hydrogen) atoms. The highest BCUT2D eigenvalue weighted by Crippen LogP contribution is 2.39. The van der Waals surface area contributed by atoms with Gasteiger partial charge in [-0.15, -0.1) is 0 Å². The highest BCUT2D eigenvalue weighted by molar-refractivity contribution is 8.00. The minimum atomic E-state index is 0.467. The molecule has 86 valence electrons. The summed E-state index contributed by atoms with van der Waals surface area (Å²) in [7, 11) is 0. The van der Waals surface area contributed by atoms with Gasteiger partial charge in [0.25, 0.3) is 0 Å². The Balaban J connectivity index is 1.97. The highest BCUT2D eigenvalue weighted by Gasteiger charge is 2.34. The maximum absolute atomic E-state index is 7.90. The zero-order valence-electron chi connectivity index (χ0n) is 9.72. The molecule has 0 bridgehead atoms. The maximum atomic E-state index is 7.90. The van der Waals surface area contributed by atoms with E-state index in [1.165, 1.54) is 38.5 Å². The lowest BCUT2D eigenvalue weighted by Gasteiger charge is -2.39. The molecule has 2 nitrogen and oxygen atoms in total. The van der Waals surface area contributed by atoms with Crippen LogP contribution in [0.5, 0.6) is 0 Å². The van der Waals surface area contributed by atoms with Gasteiger partial charge in [-0.25, -0.2) is 0 Å². The molecule has 0 spiro atoms. The normalized spacial score (nSPS) is 25.9. The van der Waals surface area contributed by atoms with Gasteiger partial charge in [-0.1, -0.05) is 19.3 Å². The largest absolute Gasteiger partial charge is 0.359 e. The fraction of sp³-hybridized carbons (Fsp3) is 0.917. The Labute approximate surface area is 97.3 Å². The quantitative estimate of drug-likeness (QED) is 0.800. The molecule has 1 aliphatic carbocycles. The van der Waals surface area contributed by atoms with Crippen molar-refractivity contribution in [1.29, 1.82) is 5.41 Å². The summed E-state index contributed by atoms with van der Waals surface area (Å²) in [5.41, 5.74) is 0. The molecule has 2 aliphatic rings. The van der Waals surface area contributed by atoms with Crippen LogP contribution in [-0.4, -0.2) is 34.8 Å². The summed E-state index contributed by atoms with van der Waals surface area (Å²) in [6.45, 7) is 2.26. The molecule has 0 aromatic carbocycles. The fourth-order valence-electron chi connectivity index (χ4n) is 2.88. The second-order valence-electron chi connectivity index (χ2n) is 4.92. The number of nitrogens with one attached hydrogen (secondary N) is 1. The van der Waals surface area contributed by atoms with Gasteiger partial charge in [0, 0.05) is 24.3 Å². The first-order valence-corrected chi connectivity index (χ1v) is 7.36. The summed E-state index contributed by atoms with van der Waals surface area (Å²) in [5, 5.41) is 7.90. The first kappa shape index (κ1) is 11.3. The summed E-state index contributed by atoms with van der Waals surface area (Å²) in [5.74, 6) is 0.883. The molecule has 3 heteroatoms. The molecule has 0 radical (unpaired) electrons. The Morgan fingerprint density at radius 3 is 2.53 bits per heavy atom. The predicted molar refractivity (Wildman–Crippen MR) is 67.9 cm³/mol. The van der Waals surface area contributed by atoms with E-state index in [0.29, 0.717) is 4.75 Å². The van der Waals surface area contributed by atoms with Gasteiger partial charge in [-0.05, 0) is 25.5 Å². The van der Waals surface area contributed by atoms with Gasteiger partial charge in [0.2, 0.25) is 0 Å². The van der Waals surface area contributed by atoms with Gasteiger partial charge in [0.15, 0.2) is 0 Å². The molecular formula is C12H22N2S. The molecule has 0 aromatic rings. The number of rotatable bonds is 3. The molecule has 1 heterocycles. The average molecular weight is 226 g/mol. The Kier molecular flexibility index (Phi) is 3.60. The molecule has 2 rings (SSSR count). The molecule has 1 N–H and O–H groups in total. The van der Waals surface area contributed by atoms with Crippen molar-refractivity contribution in [1.82, 2.24) is 4.90 Å². The smallest absolute Gasteiger partial charge is 0.0958 e. The van der Waals surface area contributed by atoms with E-state index in [9.17, 15) is 0 Å². The van der Waals surface area contributed by atoms with Crippen LogP contribution < -0.4 is 0 Å². The SMILES string of the molecule is CSC1(CN2CCCC2=N)CCCCC1. The van der Waals surface area contributed by atoms with Gasteiger partial charge in [-0.3, -0.25) is 5.41 Å². The minimum absolute atomic E-state index is 0.467. The van der Waals surface area contributed by atoms with Crippen LogP contribution in [0.4, 0.5) is 0 Å². The van der Waals surface area contributed by atoms with Crippen LogP contribution in [0.3, 0.4) is 0 Å². The van der Waals surface area contributed by atoms with Gasteiger partial charge in [0.05, 0.1) is 5.84 Å². The number of hydrogen-bond donors (Lipinski definition) is 1. The summed E-state index contributed by atoms with van der Waals surface area (Å²) in [6, 6.07) is 0. The van der Waals surface area contributed by atoms with Crippen LogP contribution in [0.15, 0.2) is 0 Å². The molecule has 0 amide bonds. The average Bonchev–Trinajstić information content (AvgIpc) is 2.66. The molecule has 0 atom stereocenters. The van der Waals surface area contributed by atoms with E-state index in [1.54, 1.807) is 0 Å². The van der Waals surface area contributed by atoms with Crippen molar-refractivity contribution in [3.8, 4) is 0 Å². The highest BCUT2D eigenvalue weighted by atomic mass is 32.2. The number of hydrogen-bond acceptors (Lipinski definition) is 2. The summed E-state index contributed by atoms with van der Waals surface area (Å²) in [6.07, 6.45) is 11.4. The van der Waals surface area contributed by atoms with Crippen molar-refractivity contribution in [3.63, 3.8) is 0 Å². The first-order chi connectivity index (χ1) is 7.26. The summed E-state index contributed by atoms with van der Waals surface area (Å²) in [4.78, 5) is 2.32. The maximum Gasteiger partial charge on any atom is 0.0958 e. The number of amidine groups is 1. The van der Waals surface area contributed by atoms with Crippen LogP contribution in [0.25, 0.3) is 0 Å². The van der Waals surface area contributed by atoms with E-state index in [1.807, 2.05) is 11.8 Å². The third-order valence-electron chi connectivity index (χ3n) is 3.90. The van der Waals surface area contributed by atoms with E-state index in [4.69, 9.17) is 5.41 Å². The van der Waals surface area contributed by atoms with Crippen molar-refractivity contribution >= 4 is 17.6 Å². The monoisotopic (exact) mass is 226 g/mol. The zero-order valence-corrected chi connectivity index (χ0v) is 10.5. The van der Waals surface area contributed by atoms with Crippen molar-refractivity contribution in [2.75, 3.05) is 19.3 Å². The van der Waals surface area contributed by atoms with E-state index in [2.05, 4.69) is 11.2 Å². The van der Waals surface area contributed by atoms with Crippen LogP contribution in [0.2, 0.25) is 0 Å². The molecule has 2 fully saturated rings. The van der Waals surface area contributed by atoms with Crippen LogP contribution in [0.1, 0.15) is 44.9 Å². The molecule has 1 saturated heterocycles. The van der Waals surface area contributed by atoms with Crippen molar-refractivity contribution in [3.05, 3.63) is 0 Å². The lowest BCUT2D eigenvalue weighted by Crippen LogP contribution is -2.42. The van der Waals surface area contributed by atoms with Crippen LogP contribution in [-0.2, 0) is 0 Å². The van der Waals surface area contributed by atoms with Crippen molar-refractivity contribution in [2.24, 2.45) is 0 Å². The molecule has 1 saturated carbocycles. The van der Waals surface area contributed by atoms with Crippen molar-refractivity contribution in [2.45, 2.75) is 49.7 Å². The van der Waals surface area contributed by atoms with E-state index in [0.717, 1.165) is 25.3 Å². The number of thioether (sulfide) groups is 1. The fourth-order valence-corrected chi connectivity index (χ4v) is 3.86. The lowest BCUT2D eigenvalue weighted by molar-refractivity contribution is 0.314. The van der Waals surface area contributed by atoms with Gasteiger partial charge < -0.3 is 4.90 Å². The molecule has 0 aromatic heterocycles. The second kappa shape index (κ2) is 4.77. The standard InChI is InChI=1S/C12H22N2S/c1-15-12(7-3-2-4-8-12)10-14-9-5-6-11(14)13/h13H,2-10H2,1H3. The topological polar surface area (TPSA) is 27.1 Å². The Hall–Kier alpha value is -0.180. The predicted octanol–water partition coefficient (Wildman–Crippen LogP) is 3.13. The Morgan fingerprint density at radius 1 is 1.27 bits per heavy atom. The van der Waals surface area contributed by atoms with Gasteiger partial charge in [-0.2, -0.15) is 11.8 Å². The number of nitrogens with zero attached hydrogens (tertiary/aromatic N) is 1. The van der Waals surface area contributed by atoms with Gasteiger partial charge >= 0.3 is 0 Å². The van der Waals surface area contributed by atoms with Crippen LogP contribution in [0, 0.1) is 5.41 Å². The second-order valence-corrected chi connectivity index (χ2v) is 6.19. The minimum Gasteiger partial charge on any atom is -0.359 e. The third kappa shape index (κ3) is 2.49. The third-order valence-corrected chi connectivity index (χ3v) is 5.30. The first-order valence-electron chi connectivity index (χ1n) is 6.13. The van der Waals surface area contributed by atoms with Gasteiger partial charge in [0.1, 0.15) is 0 Å². The lowest BCUT2D eigenvalue weighted by atomic mass is 9.88. The van der Waals surface area contributed by atoms with E-state index in [-0.39, 0.29) is 0 Å². The molecule has 0 unspecified atom stereocenters. The van der Waals surface area contributed by atoms with E-state index >= 15 is 0 Å². The number of likely N-dealkylation sites (tertiary alicyclic amines) is 1. The zero-order chi connectivity index (χ0) is 10.7.